The lowest BCUT2D eigenvalue weighted by molar-refractivity contribution is 1.10. The number of pyridine rings is 1. The molecule has 0 saturated heterocycles. The minimum absolute atomic E-state index is 0. The fourth-order valence-electron chi connectivity index (χ4n) is 0.778. The topological polar surface area (TPSA) is 41.6 Å². The highest BCUT2D eigenvalue weighted by Gasteiger charge is 1.89. The van der Waals surface area contributed by atoms with E-state index in [1.807, 2.05) is 12.1 Å². The van der Waals surface area contributed by atoms with Crippen LogP contribution < -0.4 is 0 Å². The highest BCUT2D eigenvalue weighted by molar-refractivity contribution is 5.85. The molecule has 2 aromatic heterocycles. The fourth-order valence-corrected chi connectivity index (χ4v) is 0.778. The number of halogens is 2. The Labute approximate surface area is 76.0 Å². The van der Waals surface area contributed by atoms with Crippen molar-refractivity contribution in [3.05, 3.63) is 24.5 Å². The van der Waals surface area contributed by atoms with Gasteiger partial charge in [-0.05, 0) is 12.1 Å². The van der Waals surface area contributed by atoms with Crippen molar-refractivity contribution in [2.45, 2.75) is 0 Å². The predicted molar refractivity (Wildman–Crippen MR) is 48.4 cm³/mol. The molecule has 3 nitrogen and oxygen atoms in total. The van der Waals surface area contributed by atoms with E-state index in [0.29, 0.717) is 0 Å². The third-order valence-electron chi connectivity index (χ3n) is 1.21. The molecule has 5 heteroatoms. The van der Waals surface area contributed by atoms with Crippen molar-refractivity contribution >= 4 is 35.8 Å². The quantitative estimate of drug-likeness (QED) is 0.691. The van der Waals surface area contributed by atoms with Crippen LogP contribution >= 0.6 is 24.8 Å². The summed E-state index contributed by atoms with van der Waals surface area (Å²) in [6, 6.07) is 3.85. The van der Waals surface area contributed by atoms with E-state index in [1.54, 1.807) is 12.4 Å². The van der Waals surface area contributed by atoms with Crippen molar-refractivity contribution in [1.82, 2.24) is 15.2 Å². The van der Waals surface area contributed by atoms with Gasteiger partial charge in [-0.25, -0.2) is 4.98 Å². The maximum Gasteiger partial charge on any atom is 0.155 e. The molecular formula is C6H7Cl2N3. The first-order valence-electron chi connectivity index (χ1n) is 2.71. The van der Waals surface area contributed by atoms with E-state index in [2.05, 4.69) is 15.2 Å². The van der Waals surface area contributed by atoms with E-state index < -0.39 is 0 Å². The number of nitrogens with zero attached hydrogens (tertiary/aromatic N) is 2. The van der Waals surface area contributed by atoms with Gasteiger partial charge in [0.2, 0.25) is 0 Å². The summed E-state index contributed by atoms with van der Waals surface area (Å²) in [7, 11) is 0. The number of aromatic nitrogens is 3. The number of aromatic amines is 1. The van der Waals surface area contributed by atoms with Crippen molar-refractivity contribution in [2.75, 3.05) is 0 Å². The minimum Gasteiger partial charge on any atom is -0.261 e. The van der Waals surface area contributed by atoms with Gasteiger partial charge >= 0.3 is 0 Å². The van der Waals surface area contributed by atoms with Gasteiger partial charge in [-0.1, -0.05) is 0 Å². The second-order valence-corrected chi connectivity index (χ2v) is 1.81. The second kappa shape index (κ2) is 4.16. The summed E-state index contributed by atoms with van der Waals surface area (Å²) in [5.41, 5.74) is 0.845. The standard InChI is InChI=1S/C6H5N3.2ClH/c1-2-5-4-8-9-6(5)7-3-1;;/h1-4H,(H,7,8,9);2*1H. The molecule has 0 atom stereocenters. The maximum absolute atomic E-state index is 4.02. The molecule has 0 spiro atoms. The summed E-state index contributed by atoms with van der Waals surface area (Å²) < 4.78 is 0. The molecule has 2 heterocycles. The van der Waals surface area contributed by atoms with Crippen LogP contribution in [0.15, 0.2) is 24.5 Å². The molecule has 2 aromatic rings. The molecule has 0 aromatic carbocycles. The number of hydrogen-bond donors (Lipinski definition) is 1. The predicted octanol–water partition coefficient (Wildman–Crippen LogP) is 1.80. The SMILES string of the molecule is Cl.Cl.c1cnc2[nH]ncc2c1. The van der Waals surface area contributed by atoms with Crippen molar-refractivity contribution in [3.63, 3.8) is 0 Å². The first-order chi connectivity index (χ1) is 4.47. The van der Waals surface area contributed by atoms with Gasteiger partial charge in [0.1, 0.15) is 0 Å². The Balaban J connectivity index is 0.000000500. The molecule has 0 fully saturated rings. The minimum atomic E-state index is 0. The average Bonchev–Trinajstić information content (AvgIpc) is 2.33. The molecule has 0 amide bonds. The van der Waals surface area contributed by atoms with Gasteiger partial charge in [-0.15, -0.1) is 24.8 Å². The first kappa shape index (κ1) is 10.2. The van der Waals surface area contributed by atoms with Crippen LogP contribution in [-0.2, 0) is 0 Å². The van der Waals surface area contributed by atoms with Crippen molar-refractivity contribution in [3.8, 4) is 0 Å². The molecule has 60 valence electrons. The summed E-state index contributed by atoms with van der Waals surface area (Å²) >= 11 is 0. The smallest absolute Gasteiger partial charge is 0.155 e. The van der Waals surface area contributed by atoms with E-state index in [1.165, 1.54) is 0 Å². The fraction of sp³-hybridized carbons (Fsp3) is 0. The Morgan fingerprint density at radius 3 is 2.82 bits per heavy atom. The van der Waals surface area contributed by atoms with Crippen molar-refractivity contribution in [1.29, 1.82) is 0 Å². The molecule has 0 unspecified atom stereocenters. The average molecular weight is 192 g/mol. The number of nitrogens with one attached hydrogen (secondary N) is 1. The lowest BCUT2D eigenvalue weighted by atomic mass is 10.4. The Morgan fingerprint density at radius 1 is 1.27 bits per heavy atom. The third kappa shape index (κ3) is 1.82. The van der Waals surface area contributed by atoms with E-state index in [0.717, 1.165) is 11.0 Å². The lowest BCUT2D eigenvalue weighted by Crippen LogP contribution is -1.71. The van der Waals surface area contributed by atoms with Crippen LogP contribution in [0.25, 0.3) is 11.0 Å². The molecule has 0 aliphatic rings. The van der Waals surface area contributed by atoms with Gasteiger partial charge in [0.15, 0.2) is 5.65 Å². The zero-order chi connectivity index (χ0) is 6.10. The molecule has 0 bridgehead atoms. The molecule has 0 aliphatic carbocycles. The Hall–Kier alpha value is -0.800. The number of hydrogen-bond acceptors (Lipinski definition) is 2. The molecule has 2 rings (SSSR count). The zero-order valence-corrected chi connectivity index (χ0v) is 7.15. The number of H-pyrrole nitrogens is 1. The Bertz CT molecular complexity index is 290. The zero-order valence-electron chi connectivity index (χ0n) is 5.52. The maximum atomic E-state index is 4.02. The van der Waals surface area contributed by atoms with Gasteiger partial charge in [0.05, 0.1) is 6.20 Å². The monoisotopic (exact) mass is 191 g/mol. The van der Waals surface area contributed by atoms with Crippen LogP contribution in [0.3, 0.4) is 0 Å². The van der Waals surface area contributed by atoms with Gasteiger partial charge < -0.3 is 0 Å². The highest BCUT2D eigenvalue weighted by atomic mass is 35.5. The summed E-state index contributed by atoms with van der Waals surface area (Å²) in [5.74, 6) is 0. The van der Waals surface area contributed by atoms with Crippen LogP contribution in [0.4, 0.5) is 0 Å². The van der Waals surface area contributed by atoms with Gasteiger partial charge in [-0.2, -0.15) is 5.10 Å². The van der Waals surface area contributed by atoms with E-state index in [4.69, 9.17) is 0 Å². The van der Waals surface area contributed by atoms with Crippen LogP contribution in [0.2, 0.25) is 0 Å². The van der Waals surface area contributed by atoms with Crippen molar-refractivity contribution in [2.24, 2.45) is 0 Å². The summed E-state index contributed by atoms with van der Waals surface area (Å²) in [4.78, 5) is 4.02. The van der Waals surface area contributed by atoms with Gasteiger partial charge in [0, 0.05) is 11.6 Å². The summed E-state index contributed by atoms with van der Waals surface area (Å²) in [5, 5.41) is 7.63. The summed E-state index contributed by atoms with van der Waals surface area (Å²) in [6.07, 6.45) is 3.49. The van der Waals surface area contributed by atoms with Crippen LogP contribution in [0.1, 0.15) is 0 Å². The van der Waals surface area contributed by atoms with Gasteiger partial charge in [0.25, 0.3) is 0 Å². The summed E-state index contributed by atoms with van der Waals surface area (Å²) in [6.45, 7) is 0. The largest absolute Gasteiger partial charge is 0.261 e. The Morgan fingerprint density at radius 2 is 2.09 bits per heavy atom. The molecular weight excluding hydrogens is 185 g/mol. The molecule has 11 heavy (non-hydrogen) atoms. The van der Waals surface area contributed by atoms with Crippen LogP contribution in [0, 0.1) is 0 Å². The molecule has 0 radical (unpaired) electrons. The Kier molecular flexibility index (Phi) is 3.85. The number of fused-ring (bicyclic) bond motifs is 1. The van der Waals surface area contributed by atoms with E-state index in [9.17, 15) is 0 Å². The highest BCUT2D eigenvalue weighted by Crippen LogP contribution is 2.03. The number of rotatable bonds is 0. The normalized spacial score (nSPS) is 8.36. The van der Waals surface area contributed by atoms with Crippen molar-refractivity contribution < 1.29 is 0 Å². The molecule has 0 saturated carbocycles. The third-order valence-corrected chi connectivity index (χ3v) is 1.21. The lowest BCUT2D eigenvalue weighted by Gasteiger charge is -1.80. The van der Waals surface area contributed by atoms with Crippen LogP contribution in [0.5, 0.6) is 0 Å². The molecule has 1 N–H and O–H groups in total. The van der Waals surface area contributed by atoms with Gasteiger partial charge in [-0.3, -0.25) is 5.10 Å². The van der Waals surface area contributed by atoms with E-state index >= 15 is 0 Å². The van der Waals surface area contributed by atoms with Crippen LogP contribution in [-0.4, -0.2) is 15.2 Å². The second-order valence-electron chi connectivity index (χ2n) is 1.81. The first-order valence-corrected chi connectivity index (χ1v) is 2.71. The van der Waals surface area contributed by atoms with E-state index in [-0.39, 0.29) is 24.8 Å². The molecule has 0 aliphatic heterocycles.